The number of hydrogen-bond acceptors (Lipinski definition) is 1. The Morgan fingerprint density at radius 3 is 2.31 bits per heavy atom. The molecular formula is C14H18O2. The molecule has 0 unspecified atom stereocenters. The quantitative estimate of drug-likeness (QED) is 0.772. The number of benzene rings is 1. The number of carboxylic acid groups (broad SMARTS) is 1. The van der Waals surface area contributed by atoms with E-state index in [1.54, 1.807) is 0 Å². The van der Waals surface area contributed by atoms with Gasteiger partial charge in [-0.05, 0) is 23.5 Å². The Morgan fingerprint density at radius 2 is 1.88 bits per heavy atom. The molecule has 1 N–H and O–H groups in total. The molecule has 0 aliphatic carbocycles. The van der Waals surface area contributed by atoms with Gasteiger partial charge in [0.05, 0.1) is 5.57 Å². The highest BCUT2D eigenvalue weighted by atomic mass is 16.4. The highest BCUT2D eigenvalue weighted by molar-refractivity contribution is 6.15. The van der Waals surface area contributed by atoms with Crippen LogP contribution in [-0.4, -0.2) is 11.1 Å². The number of aliphatic carboxylic acids is 1. The first-order valence-electron chi connectivity index (χ1n) is 5.27. The fourth-order valence-electron chi connectivity index (χ4n) is 1.68. The van der Waals surface area contributed by atoms with Gasteiger partial charge in [0, 0.05) is 0 Å². The first-order valence-corrected chi connectivity index (χ1v) is 5.27. The van der Waals surface area contributed by atoms with Crippen LogP contribution < -0.4 is 0 Å². The zero-order valence-corrected chi connectivity index (χ0v) is 10.3. The molecule has 0 aromatic heterocycles. The summed E-state index contributed by atoms with van der Waals surface area (Å²) >= 11 is 0. The minimum Gasteiger partial charge on any atom is -0.478 e. The molecule has 1 aromatic rings. The Balaban J connectivity index is 3.41. The Kier molecular flexibility index (Phi) is 3.22. The van der Waals surface area contributed by atoms with E-state index in [9.17, 15) is 4.79 Å². The van der Waals surface area contributed by atoms with Crippen LogP contribution in [0.2, 0.25) is 0 Å². The Hall–Kier alpha value is -1.57. The molecule has 0 radical (unpaired) electrons. The minimum absolute atomic E-state index is 0.0819. The van der Waals surface area contributed by atoms with E-state index in [2.05, 4.69) is 27.4 Å². The van der Waals surface area contributed by atoms with Crippen molar-refractivity contribution in [1.82, 2.24) is 0 Å². The molecule has 0 aliphatic rings. The van der Waals surface area contributed by atoms with Crippen LogP contribution in [0.15, 0.2) is 24.8 Å². The van der Waals surface area contributed by atoms with Crippen LogP contribution in [0.25, 0.3) is 5.57 Å². The summed E-state index contributed by atoms with van der Waals surface area (Å²) in [6.45, 7) is 11.8. The first kappa shape index (κ1) is 12.5. The summed E-state index contributed by atoms with van der Waals surface area (Å²) in [5, 5.41) is 9.02. The van der Waals surface area contributed by atoms with E-state index in [-0.39, 0.29) is 11.0 Å². The van der Waals surface area contributed by atoms with Crippen LogP contribution in [0.4, 0.5) is 0 Å². The average molecular weight is 218 g/mol. The highest BCUT2D eigenvalue weighted by Crippen LogP contribution is 2.30. The molecule has 0 bridgehead atoms. The molecule has 2 heteroatoms. The third-order valence-corrected chi connectivity index (χ3v) is 2.57. The molecule has 1 rings (SSSR count). The van der Waals surface area contributed by atoms with Crippen LogP contribution in [0.1, 0.15) is 37.5 Å². The lowest BCUT2D eigenvalue weighted by atomic mass is 9.81. The summed E-state index contributed by atoms with van der Waals surface area (Å²) < 4.78 is 0. The van der Waals surface area contributed by atoms with Gasteiger partial charge in [-0.3, -0.25) is 0 Å². The van der Waals surface area contributed by atoms with Crippen molar-refractivity contribution >= 4 is 11.5 Å². The lowest BCUT2D eigenvalue weighted by molar-refractivity contribution is -0.130. The fourth-order valence-corrected chi connectivity index (χ4v) is 1.68. The third-order valence-electron chi connectivity index (χ3n) is 2.57. The molecule has 0 spiro atoms. The van der Waals surface area contributed by atoms with Crippen LogP contribution in [0.3, 0.4) is 0 Å². The first-order chi connectivity index (χ1) is 7.23. The second kappa shape index (κ2) is 4.12. The molecule has 2 nitrogen and oxygen atoms in total. The van der Waals surface area contributed by atoms with Crippen molar-refractivity contribution in [2.24, 2.45) is 0 Å². The second-order valence-corrected chi connectivity index (χ2v) is 5.08. The number of carbonyl (C=O) groups is 1. The van der Waals surface area contributed by atoms with Crippen molar-refractivity contribution in [3.63, 3.8) is 0 Å². The second-order valence-electron chi connectivity index (χ2n) is 5.08. The monoisotopic (exact) mass is 218 g/mol. The third kappa shape index (κ3) is 2.51. The summed E-state index contributed by atoms with van der Waals surface area (Å²) in [6, 6.07) is 5.87. The molecule has 16 heavy (non-hydrogen) atoms. The Bertz CT molecular complexity index is 437. The van der Waals surface area contributed by atoms with E-state index < -0.39 is 5.97 Å². The minimum atomic E-state index is -0.962. The van der Waals surface area contributed by atoms with Gasteiger partial charge < -0.3 is 5.11 Å². The van der Waals surface area contributed by atoms with Gasteiger partial charge in [-0.15, -0.1) is 0 Å². The number of aryl methyl sites for hydroxylation is 1. The standard InChI is InChI=1S/C14H18O2/c1-9-6-7-12(14(3,4)5)11(8-9)10(2)13(15)16/h6-8H,2H2,1,3-5H3,(H,15,16). The molecule has 0 saturated heterocycles. The smallest absolute Gasteiger partial charge is 0.335 e. The van der Waals surface area contributed by atoms with E-state index in [1.165, 1.54) is 0 Å². The van der Waals surface area contributed by atoms with Crippen molar-refractivity contribution in [2.75, 3.05) is 0 Å². The number of carboxylic acids is 1. The molecule has 1 aromatic carbocycles. The predicted octanol–water partition coefficient (Wildman–Crippen LogP) is 3.39. The van der Waals surface area contributed by atoms with Gasteiger partial charge >= 0.3 is 5.97 Å². The van der Waals surface area contributed by atoms with Crippen molar-refractivity contribution in [3.8, 4) is 0 Å². The zero-order valence-electron chi connectivity index (χ0n) is 10.3. The molecule has 0 amide bonds. The summed E-state index contributed by atoms with van der Waals surface area (Å²) in [5.74, 6) is -0.962. The van der Waals surface area contributed by atoms with Gasteiger partial charge in [-0.2, -0.15) is 0 Å². The van der Waals surface area contributed by atoms with Crippen LogP contribution in [-0.2, 0) is 10.2 Å². The lowest BCUT2D eigenvalue weighted by Crippen LogP contribution is -2.15. The number of rotatable bonds is 2. The topological polar surface area (TPSA) is 37.3 Å². The van der Waals surface area contributed by atoms with E-state index >= 15 is 0 Å². The summed E-state index contributed by atoms with van der Waals surface area (Å²) in [5.41, 5.74) is 2.88. The van der Waals surface area contributed by atoms with Crippen molar-refractivity contribution in [1.29, 1.82) is 0 Å². The largest absolute Gasteiger partial charge is 0.478 e. The van der Waals surface area contributed by atoms with Gasteiger partial charge in [0.15, 0.2) is 0 Å². The van der Waals surface area contributed by atoms with Gasteiger partial charge in [0.25, 0.3) is 0 Å². The predicted molar refractivity (Wildman–Crippen MR) is 66.5 cm³/mol. The Labute approximate surface area is 96.6 Å². The van der Waals surface area contributed by atoms with Gasteiger partial charge in [0.2, 0.25) is 0 Å². The molecule has 0 saturated carbocycles. The average Bonchev–Trinajstić information content (AvgIpc) is 2.14. The Morgan fingerprint density at radius 1 is 1.31 bits per heavy atom. The van der Waals surface area contributed by atoms with Crippen LogP contribution >= 0.6 is 0 Å². The van der Waals surface area contributed by atoms with Crippen molar-refractivity contribution in [3.05, 3.63) is 41.5 Å². The van der Waals surface area contributed by atoms with Crippen molar-refractivity contribution < 1.29 is 9.90 Å². The number of hydrogen-bond donors (Lipinski definition) is 1. The molecule has 0 fully saturated rings. The van der Waals surface area contributed by atoms with E-state index in [0.717, 1.165) is 16.7 Å². The van der Waals surface area contributed by atoms with Gasteiger partial charge in [-0.1, -0.05) is 51.1 Å². The summed E-state index contributed by atoms with van der Waals surface area (Å²) in [4.78, 5) is 11.0. The van der Waals surface area contributed by atoms with Gasteiger partial charge in [-0.25, -0.2) is 4.79 Å². The molecule has 0 heterocycles. The van der Waals surface area contributed by atoms with E-state index in [4.69, 9.17) is 5.11 Å². The summed E-state index contributed by atoms with van der Waals surface area (Å²) in [6.07, 6.45) is 0. The molecular weight excluding hydrogens is 200 g/mol. The van der Waals surface area contributed by atoms with Crippen molar-refractivity contribution in [2.45, 2.75) is 33.1 Å². The fraction of sp³-hybridized carbons (Fsp3) is 0.357. The molecule has 0 aliphatic heterocycles. The highest BCUT2D eigenvalue weighted by Gasteiger charge is 2.21. The maximum atomic E-state index is 11.0. The van der Waals surface area contributed by atoms with Crippen LogP contribution in [0, 0.1) is 6.92 Å². The van der Waals surface area contributed by atoms with Gasteiger partial charge in [0.1, 0.15) is 0 Å². The molecule has 86 valence electrons. The normalized spacial score (nSPS) is 11.2. The maximum Gasteiger partial charge on any atom is 0.335 e. The van der Waals surface area contributed by atoms with E-state index in [0.29, 0.717) is 0 Å². The summed E-state index contributed by atoms with van der Waals surface area (Å²) in [7, 11) is 0. The lowest BCUT2D eigenvalue weighted by Gasteiger charge is -2.23. The SMILES string of the molecule is C=C(C(=O)O)c1cc(C)ccc1C(C)(C)C. The van der Waals surface area contributed by atoms with E-state index in [1.807, 2.05) is 25.1 Å². The molecule has 0 atom stereocenters. The zero-order chi connectivity index (χ0) is 12.5. The maximum absolute atomic E-state index is 11.0. The van der Waals surface area contributed by atoms with Crippen LogP contribution in [0.5, 0.6) is 0 Å².